The van der Waals surface area contributed by atoms with Gasteiger partial charge in [-0.1, -0.05) is 31.2 Å². The molecule has 0 fully saturated rings. The average molecular weight is 224 g/mol. The van der Waals surface area contributed by atoms with Crippen molar-refractivity contribution in [1.29, 1.82) is 0 Å². The quantitative estimate of drug-likeness (QED) is 0.719. The van der Waals surface area contributed by atoms with Crippen molar-refractivity contribution in [2.75, 3.05) is 12.9 Å². The van der Waals surface area contributed by atoms with Gasteiger partial charge in [-0.3, -0.25) is 4.79 Å². The van der Waals surface area contributed by atoms with E-state index >= 15 is 0 Å². The van der Waals surface area contributed by atoms with Gasteiger partial charge in [0.25, 0.3) is 0 Å². The van der Waals surface area contributed by atoms with Crippen LogP contribution in [0.15, 0.2) is 24.3 Å². The summed E-state index contributed by atoms with van der Waals surface area (Å²) in [6, 6.07) is 8.02. The molecular weight excluding hydrogens is 208 g/mol. The maximum Gasteiger partial charge on any atom is 0.309 e. The van der Waals surface area contributed by atoms with Crippen molar-refractivity contribution >= 4 is 17.7 Å². The first-order valence-corrected chi connectivity index (χ1v) is 6.14. The number of thioether (sulfide) groups is 1. The average Bonchev–Trinajstić information content (AvgIpc) is 2.28. The minimum Gasteiger partial charge on any atom is -0.469 e. The van der Waals surface area contributed by atoms with E-state index in [9.17, 15) is 4.79 Å². The van der Waals surface area contributed by atoms with Gasteiger partial charge in [0.2, 0.25) is 0 Å². The Bertz CT molecular complexity index is 323. The molecular formula is C12H16O2S. The number of rotatable bonds is 5. The van der Waals surface area contributed by atoms with Crippen LogP contribution in [0.25, 0.3) is 0 Å². The molecule has 3 heteroatoms. The highest BCUT2D eigenvalue weighted by Gasteiger charge is 2.06. The van der Waals surface area contributed by atoms with E-state index in [0.717, 1.165) is 17.1 Å². The van der Waals surface area contributed by atoms with Gasteiger partial charge in [0.1, 0.15) is 0 Å². The normalized spacial score (nSPS) is 10.0. The molecule has 0 saturated heterocycles. The molecule has 0 aliphatic heterocycles. The number of hydrogen-bond donors (Lipinski definition) is 0. The van der Waals surface area contributed by atoms with Gasteiger partial charge in [-0.05, 0) is 16.9 Å². The Hall–Kier alpha value is -0.960. The van der Waals surface area contributed by atoms with Crippen LogP contribution in [-0.4, -0.2) is 18.8 Å². The van der Waals surface area contributed by atoms with Crippen LogP contribution in [0.4, 0.5) is 0 Å². The molecule has 1 rings (SSSR count). The second-order valence-corrected chi connectivity index (χ2v) is 4.43. The van der Waals surface area contributed by atoms with Gasteiger partial charge in [-0.15, -0.1) is 0 Å². The third kappa shape index (κ3) is 3.96. The van der Waals surface area contributed by atoms with Crippen LogP contribution in [0.5, 0.6) is 0 Å². The second-order valence-electron chi connectivity index (χ2n) is 3.16. The van der Waals surface area contributed by atoms with Crippen LogP contribution in [0.1, 0.15) is 18.1 Å². The third-order valence-corrected chi connectivity index (χ3v) is 3.07. The summed E-state index contributed by atoms with van der Waals surface area (Å²) in [5.41, 5.74) is 2.31. The van der Waals surface area contributed by atoms with Gasteiger partial charge in [-0.25, -0.2) is 0 Å². The van der Waals surface area contributed by atoms with Crippen molar-refractivity contribution in [3.8, 4) is 0 Å². The predicted molar refractivity (Wildman–Crippen MR) is 64.0 cm³/mol. The molecule has 0 heterocycles. The molecule has 0 aliphatic carbocycles. The minimum absolute atomic E-state index is 0.177. The van der Waals surface area contributed by atoms with Gasteiger partial charge in [0, 0.05) is 5.75 Å². The fraction of sp³-hybridized carbons (Fsp3) is 0.417. The van der Waals surface area contributed by atoms with Crippen LogP contribution in [0.3, 0.4) is 0 Å². The summed E-state index contributed by atoms with van der Waals surface area (Å²) in [5, 5.41) is 0. The summed E-state index contributed by atoms with van der Waals surface area (Å²) in [5.74, 6) is 1.87. The van der Waals surface area contributed by atoms with Crippen LogP contribution in [0, 0.1) is 0 Å². The van der Waals surface area contributed by atoms with Crippen molar-refractivity contribution in [2.24, 2.45) is 0 Å². The monoisotopic (exact) mass is 224 g/mol. The van der Waals surface area contributed by atoms with Gasteiger partial charge in [0.05, 0.1) is 13.5 Å². The molecule has 0 atom stereocenters. The second kappa shape index (κ2) is 6.51. The summed E-state index contributed by atoms with van der Waals surface area (Å²) in [7, 11) is 1.42. The van der Waals surface area contributed by atoms with Crippen molar-refractivity contribution in [1.82, 2.24) is 0 Å². The van der Waals surface area contributed by atoms with Crippen LogP contribution >= 0.6 is 11.8 Å². The zero-order valence-electron chi connectivity index (χ0n) is 9.16. The maximum absolute atomic E-state index is 11.2. The van der Waals surface area contributed by atoms with Gasteiger partial charge in [-0.2, -0.15) is 11.8 Å². The van der Waals surface area contributed by atoms with E-state index in [-0.39, 0.29) is 5.97 Å². The topological polar surface area (TPSA) is 26.3 Å². The summed E-state index contributed by atoms with van der Waals surface area (Å²) >= 11 is 1.86. The fourth-order valence-electron chi connectivity index (χ4n) is 1.31. The summed E-state index contributed by atoms with van der Waals surface area (Å²) in [6.45, 7) is 2.13. The summed E-state index contributed by atoms with van der Waals surface area (Å²) < 4.78 is 4.67. The van der Waals surface area contributed by atoms with Gasteiger partial charge >= 0.3 is 5.97 Å². The first-order chi connectivity index (χ1) is 7.27. The molecule has 15 heavy (non-hydrogen) atoms. The highest BCUT2D eigenvalue weighted by atomic mass is 32.2. The Labute approximate surface area is 95.0 Å². The lowest BCUT2D eigenvalue weighted by Crippen LogP contribution is -2.06. The van der Waals surface area contributed by atoms with Crippen LogP contribution in [0.2, 0.25) is 0 Å². The van der Waals surface area contributed by atoms with E-state index in [1.165, 1.54) is 12.7 Å². The molecule has 0 spiro atoms. The highest BCUT2D eigenvalue weighted by molar-refractivity contribution is 7.98. The highest BCUT2D eigenvalue weighted by Crippen LogP contribution is 2.17. The number of carbonyl (C=O) groups excluding carboxylic acids is 1. The van der Waals surface area contributed by atoms with Crippen LogP contribution < -0.4 is 0 Å². The minimum atomic E-state index is -0.177. The van der Waals surface area contributed by atoms with Crippen molar-refractivity contribution in [2.45, 2.75) is 19.1 Å². The van der Waals surface area contributed by atoms with Gasteiger partial charge < -0.3 is 4.74 Å². The van der Waals surface area contributed by atoms with Crippen molar-refractivity contribution < 1.29 is 9.53 Å². The standard InChI is InChI=1S/C12H16O2S/c1-3-15-9-11-7-5-4-6-10(11)8-12(13)14-2/h4-7H,3,8-9H2,1-2H3. The van der Waals surface area contributed by atoms with Crippen molar-refractivity contribution in [3.05, 3.63) is 35.4 Å². The zero-order chi connectivity index (χ0) is 11.1. The molecule has 0 saturated carbocycles. The smallest absolute Gasteiger partial charge is 0.309 e. The first kappa shape index (κ1) is 12.1. The van der Waals surface area contributed by atoms with E-state index in [4.69, 9.17) is 0 Å². The van der Waals surface area contributed by atoms with Gasteiger partial charge in [0.15, 0.2) is 0 Å². The predicted octanol–water partition coefficient (Wildman–Crippen LogP) is 2.66. The Morgan fingerprint density at radius 1 is 1.33 bits per heavy atom. The number of carbonyl (C=O) groups is 1. The Morgan fingerprint density at radius 3 is 2.60 bits per heavy atom. The molecule has 1 aromatic carbocycles. The van der Waals surface area contributed by atoms with E-state index in [0.29, 0.717) is 6.42 Å². The Balaban J connectivity index is 2.72. The van der Waals surface area contributed by atoms with Crippen molar-refractivity contribution in [3.63, 3.8) is 0 Å². The molecule has 2 nitrogen and oxygen atoms in total. The maximum atomic E-state index is 11.2. The van der Waals surface area contributed by atoms with E-state index < -0.39 is 0 Å². The molecule has 0 aliphatic rings. The number of benzene rings is 1. The van der Waals surface area contributed by atoms with E-state index in [1.807, 2.05) is 30.0 Å². The molecule has 0 aromatic heterocycles. The molecule has 0 unspecified atom stereocenters. The zero-order valence-corrected chi connectivity index (χ0v) is 9.97. The molecule has 82 valence electrons. The van der Waals surface area contributed by atoms with E-state index in [2.05, 4.69) is 17.7 Å². The first-order valence-electron chi connectivity index (χ1n) is 4.99. The molecule has 0 N–H and O–H groups in total. The number of esters is 1. The number of hydrogen-bond acceptors (Lipinski definition) is 3. The largest absolute Gasteiger partial charge is 0.469 e. The van der Waals surface area contributed by atoms with Crippen LogP contribution in [-0.2, 0) is 21.7 Å². The number of ether oxygens (including phenoxy) is 1. The lowest BCUT2D eigenvalue weighted by atomic mass is 10.1. The fourth-order valence-corrected chi connectivity index (χ4v) is 2.02. The summed E-state index contributed by atoms with van der Waals surface area (Å²) in [4.78, 5) is 11.2. The summed E-state index contributed by atoms with van der Waals surface area (Å²) in [6.07, 6.45) is 0.372. The molecule has 0 radical (unpaired) electrons. The SMILES string of the molecule is CCSCc1ccccc1CC(=O)OC. The molecule has 0 amide bonds. The lowest BCUT2D eigenvalue weighted by molar-refractivity contribution is -0.139. The Morgan fingerprint density at radius 2 is 2.00 bits per heavy atom. The number of methoxy groups -OCH3 is 1. The van der Waals surface area contributed by atoms with E-state index in [1.54, 1.807) is 0 Å². The molecule has 1 aromatic rings. The lowest BCUT2D eigenvalue weighted by Gasteiger charge is -2.07. The Kier molecular flexibility index (Phi) is 5.26. The molecule has 0 bridgehead atoms. The third-order valence-electron chi connectivity index (χ3n) is 2.14.